The third-order valence-electron chi connectivity index (χ3n) is 3.42. The summed E-state index contributed by atoms with van der Waals surface area (Å²) < 4.78 is 5.81. The number of nitrogens with one attached hydrogen (secondary N) is 1. The molecule has 0 radical (unpaired) electrons. The number of ether oxygens (including phenoxy) is 1. The normalized spacial score (nSPS) is 12.9. The van der Waals surface area contributed by atoms with Crippen molar-refractivity contribution in [3.05, 3.63) is 47.5 Å². The van der Waals surface area contributed by atoms with Gasteiger partial charge in [-0.05, 0) is 41.8 Å². The van der Waals surface area contributed by atoms with E-state index in [0.717, 1.165) is 23.4 Å². The van der Waals surface area contributed by atoms with Crippen LogP contribution in [-0.4, -0.2) is 5.91 Å². The van der Waals surface area contributed by atoms with E-state index in [4.69, 9.17) is 10.5 Å². The van der Waals surface area contributed by atoms with Gasteiger partial charge in [0.2, 0.25) is 5.91 Å². The highest BCUT2D eigenvalue weighted by molar-refractivity contribution is 6.00. The first-order valence-electron chi connectivity index (χ1n) is 6.64. The van der Waals surface area contributed by atoms with E-state index in [2.05, 4.69) is 12.2 Å². The second kappa shape index (κ2) is 4.89. The van der Waals surface area contributed by atoms with Crippen LogP contribution < -0.4 is 15.8 Å². The molecule has 1 aliphatic heterocycles. The molecule has 0 atom stereocenters. The van der Waals surface area contributed by atoms with Crippen molar-refractivity contribution in [1.29, 1.82) is 0 Å². The van der Waals surface area contributed by atoms with Crippen molar-refractivity contribution in [2.75, 3.05) is 11.1 Å². The van der Waals surface area contributed by atoms with Gasteiger partial charge in [0.15, 0.2) is 5.75 Å². The molecule has 0 saturated heterocycles. The highest BCUT2D eigenvalue weighted by Crippen LogP contribution is 2.35. The Morgan fingerprint density at radius 3 is 2.70 bits per heavy atom. The van der Waals surface area contributed by atoms with Crippen LogP contribution in [0, 0.1) is 0 Å². The molecule has 0 saturated carbocycles. The summed E-state index contributed by atoms with van der Waals surface area (Å²) in [5.74, 6) is 1.32. The number of aryl methyl sites for hydroxylation is 1. The first-order valence-corrected chi connectivity index (χ1v) is 6.64. The van der Waals surface area contributed by atoms with Gasteiger partial charge in [-0.15, -0.1) is 0 Å². The van der Waals surface area contributed by atoms with E-state index in [9.17, 15) is 4.79 Å². The van der Waals surface area contributed by atoms with Crippen LogP contribution in [0.3, 0.4) is 0 Å². The van der Waals surface area contributed by atoms with Crippen molar-refractivity contribution in [2.45, 2.75) is 19.8 Å². The largest absolute Gasteiger partial charge is 0.455 e. The molecule has 0 bridgehead atoms. The van der Waals surface area contributed by atoms with Crippen molar-refractivity contribution >= 4 is 17.3 Å². The van der Waals surface area contributed by atoms with Gasteiger partial charge in [-0.2, -0.15) is 0 Å². The van der Waals surface area contributed by atoms with Crippen molar-refractivity contribution < 1.29 is 9.53 Å². The van der Waals surface area contributed by atoms with Crippen LogP contribution in [0.4, 0.5) is 11.4 Å². The van der Waals surface area contributed by atoms with Crippen LogP contribution in [0.5, 0.6) is 11.5 Å². The molecule has 3 rings (SSSR count). The van der Waals surface area contributed by atoms with Gasteiger partial charge in [0.05, 0.1) is 12.1 Å². The van der Waals surface area contributed by atoms with Crippen LogP contribution in [0.2, 0.25) is 0 Å². The maximum absolute atomic E-state index is 11.4. The second-order valence-corrected chi connectivity index (χ2v) is 4.87. The molecule has 2 aromatic carbocycles. The molecule has 0 aliphatic carbocycles. The summed E-state index contributed by atoms with van der Waals surface area (Å²) in [7, 11) is 0. The molecule has 0 spiro atoms. The highest BCUT2D eigenvalue weighted by Gasteiger charge is 2.20. The van der Waals surface area contributed by atoms with E-state index in [1.54, 1.807) is 6.07 Å². The van der Waals surface area contributed by atoms with Gasteiger partial charge in [0.1, 0.15) is 5.75 Å². The lowest BCUT2D eigenvalue weighted by molar-refractivity contribution is -0.115. The van der Waals surface area contributed by atoms with E-state index in [-0.39, 0.29) is 5.91 Å². The third-order valence-corrected chi connectivity index (χ3v) is 3.42. The van der Waals surface area contributed by atoms with Gasteiger partial charge in [0, 0.05) is 5.69 Å². The fraction of sp³-hybridized carbons (Fsp3) is 0.188. The fourth-order valence-electron chi connectivity index (χ4n) is 2.28. The molecular weight excluding hydrogens is 252 g/mol. The summed E-state index contributed by atoms with van der Waals surface area (Å²) in [6, 6.07) is 11.5. The van der Waals surface area contributed by atoms with Gasteiger partial charge in [-0.3, -0.25) is 4.79 Å². The molecule has 2 aromatic rings. The lowest BCUT2D eigenvalue weighted by Crippen LogP contribution is -2.03. The summed E-state index contributed by atoms with van der Waals surface area (Å²) in [5.41, 5.74) is 9.44. The summed E-state index contributed by atoms with van der Waals surface area (Å²) >= 11 is 0. The number of nitrogen functional groups attached to an aromatic ring is 1. The number of nitrogens with two attached hydrogens (primary N) is 1. The number of carbonyl (C=O) groups is 1. The Morgan fingerprint density at radius 1 is 1.25 bits per heavy atom. The topological polar surface area (TPSA) is 64.3 Å². The monoisotopic (exact) mass is 268 g/mol. The SMILES string of the molecule is CCc1ccc(Oc2cc3c(cc2N)NC(=O)C3)cc1. The lowest BCUT2D eigenvalue weighted by atomic mass is 10.1. The smallest absolute Gasteiger partial charge is 0.228 e. The molecule has 1 aliphatic rings. The number of benzene rings is 2. The zero-order valence-electron chi connectivity index (χ0n) is 11.3. The van der Waals surface area contributed by atoms with Crippen LogP contribution in [0.15, 0.2) is 36.4 Å². The van der Waals surface area contributed by atoms with Crippen LogP contribution in [0.1, 0.15) is 18.1 Å². The Balaban J connectivity index is 1.87. The van der Waals surface area contributed by atoms with Crippen LogP contribution in [0.25, 0.3) is 0 Å². The predicted octanol–water partition coefficient (Wildman–Crippen LogP) is 3.12. The Morgan fingerprint density at radius 2 is 2.00 bits per heavy atom. The molecule has 1 heterocycles. The van der Waals surface area contributed by atoms with Crippen molar-refractivity contribution in [1.82, 2.24) is 0 Å². The van der Waals surface area contributed by atoms with Crippen LogP contribution in [-0.2, 0) is 17.6 Å². The van der Waals surface area contributed by atoms with Gasteiger partial charge in [-0.1, -0.05) is 19.1 Å². The average molecular weight is 268 g/mol. The molecule has 1 amide bonds. The number of anilines is 2. The van der Waals surface area contributed by atoms with E-state index in [1.165, 1.54) is 5.56 Å². The predicted molar refractivity (Wildman–Crippen MR) is 79.1 cm³/mol. The molecule has 102 valence electrons. The van der Waals surface area contributed by atoms with E-state index < -0.39 is 0 Å². The number of hydrogen-bond acceptors (Lipinski definition) is 3. The summed E-state index contributed by atoms with van der Waals surface area (Å²) in [4.78, 5) is 11.4. The molecule has 0 aromatic heterocycles. The summed E-state index contributed by atoms with van der Waals surface area (Å²) in [5, 5.41) is 2.77. The second-order valence-electron chi connectivity index (χ2n) is 4.87. The Hall–Kier alpha value is -2.49. The number of carbonyl (C=O) groups excluding carboxylic acids is 1. The minimum atomic E-state index is -0.0103. The quantitative estimate of drug-likeness (QED) is 0.841. The van der Waals surface area contributed by atoms with Gasteiger partial charge < -0.3 is 15.8 Å². The standard InChI is InChI=1S/C16H16N2O2/c1-2-10-3-5-12(6-4-10)20-15-7-11-8-16(19)18-14(11)9-13(15)17/h3-7,9H,2,8,17H2,1H3,(H,18,19). The van der Waals surface area contributed by atoms with E-state index in [1.807, 2.05) is 30.3 Å². The van der Waals surface area contributed by atoms with E-state index in [0.29, 0.717) is 17.9 Å². The van der Waals surface area contributed by atoms with Crippen molar-refractivity contribution in [3.8, 4) is 11.5 Å². The van der Waals surface area contributed by atoms with Crippen molar-refractivity contribution in [3.63, 3.8) is 0 Å². The third kappa shape index (κ3) is 2.32. The minimum absolute atomic E-state index is 0.0103. The maximum atomic E-state index is 11.4. The number of rotatable bonds is 3. The number of fused-ring (bicyclic) bond motifs is 1. The molecule has 0 unspecified atom stereocenters. The zero-order valence-corrected chi connectivity index (χ0v) is 11.3. The maximum Gasteiger partial charge on any atom is 0.228 e. The molecule has 20 heavy (non-hydrogen) atoms. The molecular formula is C16H16N2O2. The number of hydrogen-bond donors (Lipinski definition) is 2. The molecule has 0 fully saturated rings. The lowest BCUT2D eigenvalue weighted by Gasteiger charge is -2.11. The fourth-order valence-corrected chi connectivity index (χ4v) is 2.28. The van der Waals surface area contributed by atoms with Crippen LogP contribution >= 0.6 is 0 Å². The molecule has 3 N–H and O–H groups in total. The average Bonchev–Trinajstić information content (AvgIpc) is 2.79. The van der Waals surface area contributed by atoms with Gasteiger partial charge >= 0.3 is 0 Å². The highest BCUT2D eigenvalue weighted by atomic mass is 16.5. The Bertz CT molecular complexity index is 663. The Kier molecular flexibility index (Phi) is 3.06. The molecule has 4 nitrogen and oxygen atoms in total. The zero-order chi connectivity index (χ0) is 14.1. The molecule has 4 heteroatoms. The van der Waals surface area contributed by atoms with Crippen molar-refractivity contribution in [2.24, 2.45) is 0 Å². The Labute approximate surface area is 117 Å². The summed E-state index contributed by atoms with van der Waals surface area (Å²) in [6.07, 6.45) is 1.37. The number of amides is 1. The first-order chi connectivity index (χ1) is 9.65. The van der Waals surface area contributed by atoms with E-state index >= 15 is 0 Å². The first kappa shape index (κ1) is 12.5. The minimum Gasteiger partial charge on any atom is -0.455 e. The van der Waals surface area contributed by atoms with Gasteiger partial charge in [-0.25, -0.2) is 0 Å². The summed E-state index contributed by atoms with van der Waals surface area (Å²) in [6.45, 7) is 2.11. The van der Waals surface area contributed by atoms with Gasteiger partial charge in [0.25, 0.3) is 0 Å².